The summed E-state index contributed by atoms with van der Waals surface area (Å²) in [5.74, 6) is 0. The summed E-state index contributed by atoms with van der Waals surface area (Å²) in [6.07, 6.45) is 1.93. The largest absolute Gasteiger partial charge is 0.357 e. The Kier molecular flexibility index (Phi) is 6.40. The Morgan fingerprint density at radius 2 is 1.23 bits per heavy atom. The fourth-order valence-corrected chi connectivity index (χ4v) is 2.70. The van der Waals surface area contributed by atoms with Crippen LogP contribution in [0.5, 0.6) is 0 Å². The highest BCUT2D eigenvalue weighted by molar-refractivity contribution is 7.80. The van der Waals surface area contributed by atoms with Crippen LogP contribution in [0.15, 0.2) is 97.2 Å². The number of hydrazine groups is 1. The van der Waals surface area contributed by atoms with Crippen molar-refractivity contribution in [1.82, 2.24) is 16.2 Å². The summed E-state index contributed by atoms with van der Waals surface area (Å²) in [5, 5.41) is 3.73. The third-order valence-corrected chi connectivity index (χ3v) is 4.11. The van der Waals surface area contributed by atoms with Crippen molar-refractivity contribution in [3.63, 3.8) is 0 Å². The van der Waals surface area contributed by atoms with Crippen LogP contribution in [-0.4, -0.2) is 5.11 Å². The first kappa shape index (κ1) is 17.7. The highest BCUT2D eigenvalue weighted by Gasteiger charge is 2.04. The van der Waals surface area contributed by atoms with Gasteiger partial charge in [-0.15, -0.1) is 0 Å². The molecule has 0 saturated heterocycles. The molecule has 0 heterocycles. The molecule has 0 fully saturated rings. The van der Waals surface area contributed by atoms with Crippen LogP contribution in [0.1, 0.15) is 16.7 Å². The van der Waals surface area contributed by atoms with E-state index in [2.05, 4.69) is 52.6 Å². The first-order chi connectivity index (χ1) is 12.8. The predicted molar refractivity (Wildman–Crippen MR) is 112 cm³/mol. The molecule has 0 aliphatic heterocycles. The molecule has 130 valence electrons. The van der Waals surface area contributed by atoms with Crippen LogP contribution < -0.4 is 16.2 Å². The zero-order valence-corrected chi connectivity index (χ0v) is 15.2. The third kappa shape index (κ3) is 5.19. The molecule has 3 aromatic carbocycles. The summed E-state index contributed by atoms with van der Waals surface area (Å²) >= 11 is 5.32. The maximum atomic E-state index is 5.32. The quantitative estimate of drug-likeness (QED) is 0.454. The number of nitrogens with one attached hydrogen (secondary N) is 3. The minimum Gasteiger partial charge on any atom is -0.357 e. The fourth-order valence-electron chi connectivity index (χ4n) is 2.56. The van der Waals surface area contributed by atoms with Gasteiger partial charge in [0.05, 0.1) is 0 Å². The van der Waals surface area contributed by atoms with Gasteiger partial charge in [-0.2, -0.15) is 0 Å². The number of rotatable bonds is 6. The summed E-state index contributed by atoms with van der Waals surface area (Å²) in [4.78, 5) is 0. The second-order valence-electron chi connectivity index (χ2n) is 5.73. The van der Waals surface area contributed by atoms with Crippen molar-refractivity contribution in [1.29, 1.82) is 0 Å². The molecule has 3 aromatic rings. The SMILES string of the molecule is S=C(NCc1ccccc1)NNC=C(c1ccccc1)c1ccccc1. The van der Waals surface area contributed by atoms with E-state index < -0.39 is 0 Å². The first-order valence-corrected chi connectivity index (χ1v) is 8.88. The summed E-state index contributed by atoms with van der Waals surface area (Å²) in [7, 11) is 0. The van der Waals surface area contributed by atoms with Crippen molar-refractivity contribution in [2.75, 3.05) is 0 Å². The fraction of sp³-hybridized carbons (Fsp3) is 0.0455. The second-order valence-corrected chi connectivity index (χ2v) is 6.14. The Labute approximate surface area is 159 Å². The van der Waals surface area contributed by atoms with Gasteiger partial charge in [-0.1, -0.05) is 91.0 Å². The zero-order chi connectivity index (χ0) is 18.0. The Balaban J connectivity index is 1.62. The van der Waals surface area contributed by atoms with E-state index in [0.717, 1.165) is 16.7 Å². The van der Waals surface area contributed by atoms with E-state index in [9.17, 15) is 0 Å². The third-order valence-electron chi connectivity index (χ3n) is 3.87. The molecular formula is C22H21N3S. The lowest BCUT2D eigenvalue weighted by Gasteiger charge is -2.13. The van der Waals surface area contributed by atoms with Crippen LogP contribution in [0.3, 0.4) is 0 Å². The van der Waals surface area contributed by atoms with Crippen molar-refractivity contribution in [3.05, 3.63) is 114 Å². The molecule has 0 atom stereocenters. The lowest BCUT2D eigenvalue weighted by molar-refractivity contribution is 0.776. The lowest BCUT2D eigenvalue weighted by atomic mass is 9.99. The predicted octanol–water partition coefficient (Wildman–Crippen LogP) is 4.24. The highest BCUT2D eigenvalue weighted by Crippen LogP contribution is 2.21. The molecule has 0 aliphatic carbocycles. The Morgan fingerprint density at radius 3 is 1.77 bits per heavy atom. The molecule has 0 unspecified atom stereocenters. The monoisotopic (exact) mass is 359 g/mol. The summed E-state index contributed by atoms with van der Waals surface area (Å²) in [6.45, 7) is 0.683. The van der Waals surface area contributed by atoms with Crippen LogP contribution >= 0.6 is 12.2 Å². The van der Waals surface area contributed by atoms with E-state index in [1.165, 1.54) is 5.56 Å². The molecule has 0 spiro atoms. The molecule has 0 bridgehead atoms. The maximum Gasteiger partial charge on any atom is 0.185 e. The Morgan fingerprint density at radius 1 is 0.731 bits per heavy atom. The molecule has 0 aromatic heterocycles. The minimum atomic E-state index is 0.547. The molecular weight excluding hydrogens is 338 g/mol. The molecule has 3 nitrogen and oxygen atoms in total. The molecule has 0 aliphatic rings. The van der Waals surface area contributed by atoms with Crippen LogP contribution in [0.2, 0.25) is 0 Å². The topological polar surface area (TPSA) is 36.1 Å². The van der Waals surface area contributed by atoms with Crippen molar-refractivity contribution in [2.45, 2.75) is 6.54 Å². The van der Waals surface area contributed by atoms with E-state index in [1.807, 2.05) is 60.8 Å². The van der Waals surface area contributed by atoms with Gasteiger partial charge in [0.2, 0.25) is 0 Å². The summed E-state index contributed by atoms with van der Waals surface area (Å²) in [6, 6.07) is 30.7. The van der Waals surface area contributed by atoms with Crippen molar-refractivity contribution < 1.29 is 0 Å². The molecule has 3 rings (SSSR count). The van der Waals surface area contributed by atoms with Crippen molar-refractivity contribution >= 4 is 22.9 Å². The molecule has 0 amide bonds. The van der Waals surface area contributed by atoms with E-state index in [-0.39, 0.29) is 0 Å². The van der Waals surface area contributed by atoms with Gasteiger partial charge in [0.25, 0.3) is 0 Å². The number of hydrogen-bond donors (Lipinski definition) is 3. The van der Waals surface area contributed by atoms with E-state index >= 15 is 0 Å². The van der Waals surface area contributed by atoms with Gasteiger partial charge in [0.1, 0.15) is 0 Å². The van der Waals surface area contributed by atoms with Crippen LogP contribution in [-0.2, 0) is 6.54 Å². The maximum absolute atomic E-state index is 5.32. The van der Waals surface area contributed by atoms with Gasteiger partial charge in [-0.25, -0.2) is 0 Å². The van der Waals surface area contributed by atoms with Gasteiger partial charge in [0.15, 0.2) is 5.11 Å². The minimum absolute atomic E-state index is 0.547. The first-order valence-electron chi connectivity index (χ1n) is 8.47. The average Bonchev–Trinajstić information content (AvgIpc) is 2.72. The van der Waals surface area contributed by atoms with E-state index in [0.29, 0.717) is 11.7 Å². The molecule has 4 heteroatoms. The smallest absolute Gasteiger partial charge is 0.185 e. The van der Waals surface area contributed by atoms with Crippen LogP contribution in [0.4, 0.5) is 0 Å². The average molecular weight is 359 g/mol. The van der Waals surface area contributed by atoms with Gasteiger partial charge in [0, 0.05) is 18.3 Å². The van der Waals surface area contributed by atoms with Gasteiger partial charge in [-0.05, 0) is 28.9 Å². The summed E-state index contributed by atoms with van der Waals surface area (Å²) < 4.78 is 0. The van der Waals surface area contributed by atoms with E-state index in [1.54, 1.807) is 0 Å². The Bertz CT molecular complexity index is 805. The molecule has 26 heavy (non-hydrogen) atoms. The van der Waals surface area contributed by atoms with Crippen molar-refractivity contribution in [2.24, 2.45) is 0 Å². The van der Waals surface area contributed by atoms with Gasteiger partial charge in [-0.3, -0.25) is 5.43 Å². The zero-order valence-electron chi connectivity index (χ0n) is 14.4. The lowest BCUT2D eigenvalue weighted by Crippen LogP contribution is -2.41. The number of thiocarbonyl (C=S) groups is 1. The molecule has 0 radical (unpaired) electrons. The Hall–Kier alpha value is -3.11. The molecule has 3 N–H and O–H groups in total. The standard InChI is InChI=1S/C22H21N3S/c26-22(23-16-18-10-4-1-5-11-18)25-24-17-21(19-12-6-2-7-13-19)20-14-8-3-9-15-20/h1-15,17,24H,16H2,(H2,23,25,26). The number of benzene rings is 3. The number of hydrogen-bond acceptors (Lipinski definition) is 2. The molecule has 0 saturated carbocycles. The van der Waals surface area contributed by atoms with Gasteiger partial charge < -0.3 is 10.7 Å². The normalized spacial score (nSPS) is 9.85. The van der Waals surface area contributed by atoms with Crippen LogP contribution in [0, 0.1) is 0 Å². The van der Waals surface area contributed by atoms with Crippen molar-refractivity contribution in [3.8, 4) is 0 Å². The summed E-state index contributed by atoms with van der Waals surface area (Å²) in [5.41, 5.74) is 10.7. The van der Waals surface area contributed by atoms with Crippen LogP contribution in [0.25, 0.3) is 5.57 Å². The van der Waals surface area contributed by atoms with Gasteiger partial charge >= 0.3 is 0 Å². The highest BCUT2D eigenvalue weighted by atomic mass is 32.1. The van der Waals surface area contributed by atoms with E-state index in [4.69, 9.17) is 12.2 Å². The second kappa shape index (κ2) is 9.39.